The molecule has 0 aliphatic heterocycles. The van der Waals surface area contributed by atoms with Crippen LogP contribution in [0.3, 0.4) is 0 Å². The zero-order valence-corrected chi connectivity index (χ0v) is 12.4. The van der Waals surface area contributed by atoms with Crippen molar-refractivity contribution >= 4 is 17.2 Å². The lowest BCUT2D eigenvalue weighted by molar-refractivity contribution is -0.129. The Bertz CT molecular complexity index is 545. The van der Waals surface area contributed by atoms with E-state index in [0.29, 0.717) is 13.0 Å². The van der Waals surface area contributed by atoms with Crippen LogP contribution in [0.15, 0.2) is 23.0 Å². The predicted octanol–water partition coefficient (Wildman–Crippen LogP) is 2.47. The molecular weight excluding hydrogens is 258 g/mol. The highest BCUT2D eigenvalue weighted by molar-refractivity contribution is 7.07. The van der Waals surface area contributed by atoms with Crippen LogP contribution in [0.2, 0.25) is 0 Å². The van der Waals surface area contributed by atoms with Crippen LogP contribution in [0.1, 0.15) is 23.7 Å². The summed E-state index contributed by atoms with van der Waals surface area (Å²) in [7, 11) is 1.84. The Balaban J connectivity index is 1.98. The number of hydrogen-bond donors (Lipinski definition) is 0. The average molecular weight is 277 g/mol. The topological polar surface area (TPSA) is 38.1 Å². The van der Waals surface area contributed by atoms with Gasteiger partial charge >= 0.3 is 0 Å². The Morgan fingerprint density at radius 2 is 2.32 bits per heavy atom. The van der Waals surface area contributed by atoms with Crippen molar-refractivity contribution in [3.63, 3.8) is 0 Å². The number of aryl methyl sites for hydroxylation is 1. The molecule has 0 saturated carbocycles. The molecule has 0 radical (unpaired) electrons. The molecule has 0 aromatic carbocycles. The second kappa shape index (κ2) is 6.02. The Hall–Kier alpha value is -1.62. The smallest absolute Gasteiger partial charge is 0.227 e. The molecule has 2 rings (SSSR count). The number of amides is 1. The van der Waals surface area contributed by atoms with Gasteiger partial charge in [-0.3, -0.25) is 9.48 Å². The van der Waals surface area contributed by atoms with Crippen molar-refractivity contribution in [2.45, 2.75) is 33.4 Å². The van der Waals surface area contributed by atoms with E-state index in [1.165, 1.54) is 0 Å². The highest BCUT2D eigenvalue weighted by Crippen LogP contribution is 2.12. The van der Waals surface area contributed by atoms with E-state index in [0.717, 1.165) is 23.4 Å². The number of carbonyl (C=O) groups excluding carboxylic acids is 1. The molecule has 5 heteroatoms. The number of rotatable bonds is 5. The molecule has 2 aromatic heterocycles. The zero-order chi connectivity index (χ0) is 13.8. The van der Waals surface area contributed by atoms with E-state index < -0.39 is 0 Å². The van der Waals surface area contributed by atoms with E-state index in [4.69, 9.17) is 0 Å². The first kappa shape index (κ1) is 13.8. The number of likely N-dealkylation sites (N-methyl/N-ethyl adjacent to an activating group) is 1. The maximum absolute atomic E-state index is 12.1. The van der Waals surface area contributed by atoms with Gasteiger partial charge < -0.3 is 4.90 Å². The molecule has 4 nitrogen and oxygen atoms in total. The van der Waals surface area contributed by atoms with E-state index in [-0.39, 0.29) is 5.91 Å². The van der Waals surface area contributed by atoms with Gasteiger partial charge in [-0.25, -0.2) is 0 Å². The highest BCUT2D eigenvalue weighted by atomic mass is 32.1. The maximum Gasteiger partial charge on any atom is 0.227 e. The molecule has 1 amide bonds. The summed E-state index contributed by atoms with van der Waals surface area (Å²) in [4.78, 5) is 13.9. The Kier molecular flexibility index (Phi) is 4.37. The zero-order valence-electron chi connectivity index (χ0n) is 11.6. The lowest BCUT2D eigenvalue weighted by atomic mass is 10.2. The number of hydrogen-bond acceptors (Lipinski definition) is 3. The fraction of sp³-hybridized carbons (Fsp3) is 0.429. The summed E-state index contributed by atoms with van der Waals surface area (Å²) in [6.45, 7) is 5.59. The Labute approximate surface area is 117 Å². The molecular formula is C14H19N3OS. The van der Waals surface area contributed by atoms with Gasteiger partial charge in [-0.2, -0.15) is 16.4 Å². The number of thiophene rings is 1. The van der Waals surface area contributed by atoms with Crippen molar-refractivity contribution in [3.05, 3.63) is 39.8 Å². The summed E-state index contributed by atoms with van der Waals surface area (Å²) in [5, 5.41) is 8.32. The van der Waals surface area contributed by atoms with Crippen LogP contribution in [-0.2, 0) is 24.3 Å². The van der Waals surface area contributed by atoms with Gasteiger partial charge in [0.05, 0.1) is 12.6 Å². The van der Waals surface area contributed by atoms with Crippen LogP contribution in [0.5, 0.6) is 0 Å². The second-order valence-electron chi connectivity index (χ2n) is 4.63. The first-order chi connectivity index (χ1) is 9.11. The van der Waals surface area contributed by atoms with Gasteiger partial charge in [0, 0.05) is 31.4 Å². The van der Waals surface area contributed by atoms with Crippen LogP contribution >= 0.6 is 11.3 Å². The van der Waals surface area contributed by atoms with Crippen LogP contribution in [-0.4, -0.2) is 27.6 Å². The average Bonchev–Trinajstić information content (AvgIpc) is 3.00. The van der Waals surface area contributed by atoms with Crippen LogP contribution in [0.4, 0.5) is 0 Å². The highest BCUT2D eigenvalue weighted by Gasteiger charge is 2.13. The molecule has 0 saturated heterocycles. The van der Waals surface area contributed by atoms with E-state index in [2.05, 4.69) is 12.0 Å². The van der Waals surface area contributed by atoms with E-state index >= 15 is 0 Å². The van der Waals surface area contributed by atoms with Crippen LogP contribution in [0.25, 0.3) is 0 Å². The third kappa shape index (κ3) is 3.23. The summed E-state index contributed by atoms with van der Waals surface area (Å²) in [6.07, 6.45) is 2.33. The molecule has 0 unspecified atom stereocenters. The largest absolute Gasteiger partial charge is 0.341 e. The fourth-order valence-corrected chi connectivity index (χ4v) is 2.67. The first-order valence-corrected chi connectivity index (χ1v) is 7.32. The monoisotopic (exact) mass is 277 g/mol. The summed E-state index contributed by atoms with van der Waals surface area (Å²) in [6, 6.07) is 2.00. The van der Waals surface area contributed by atoms with E-state index in [1.54, 1.807) is 16.2 Å². The van der Waals surface area contributed by atoms with Gasteiger partial charge in [-0.05, 0) is 36.2 Å². The lowest BCUT2D eigenvalue weighted by Gasteiger charge is -2.16. The molecule has 0 atom stereocenters. The summed E-state index contributed by atoms with van der Waals surface area (Å²) in [5.74, 6) is 0.141. The van der Waals surface area contributed by atoms with Crippen LogP contribution in [0, 0.1) is 6.92 Å². The summed E-state index contributed by atoms with van der Waals surface area (Å²) >= 11 is 1.62. The number of aromatic nitrogens is 2. The summed E-state index contributed by atoms with van der Waals surface area (Å²) < 4.78 is 1.95. The van der Waals surface area contributed by atoms with Gasteiger partial charge in [0.1, 0.15) is 0 Å². The van der Waals surface area contributed by atoms with Crippen molar-refractivity contribution in [1.82, 2.24) is 14.7 Å². The standard InChI is InChI=1S/C14H19N3OS/c1-4-17-11(2)13(8-15-17)9-16(3)14(18)7-12-5-6-19-10-12/h5-6,8,10H,4,7,9H2,1-3H3. The van der Waals surface area contributed by atoms with Gasteiger partial charge in [-0.15, -0.1) is 0 Å². The van der Waals surface area contributed by atoms with Gasteiger partial charge in [0.25, 0.3) is 0 Å². The summed E-state index contributed by atoms with van der Waals surface area (Å²) in [5.41, 5.74) is 3.34. The normalized spacial score (nSPS) is 10.7. The SMILES string of the molecule is CCn1ncc(CN(C)C(=O)Cc2ccsc2)c1C. The van der Waals surface area contributed by atoms with Crippen molar-refractivity contribution in [1.29, 1.82) is 0 Å². The van der Waals surface area contributed by atoms with Crippen molar-refractivity contribution in [3.8, 4) is 0 Å². The minimum absolute atomic E-state index is 0.141. The molecule has 0 fully saturated rings. The van der Waals surface area contributed by atoms with E-state index in [1.807, 2.05) is 41.7 Å². The molecule has 2 heterocycles. The van der Waals surface area contributed by atoms with E-state index in [9.17, 15) is 4.79 Å². The van der Waals surface area contributed by atoms with Gasteiger partial charge in [-0.1, -0.05) is 0 Å². The second-order valence-corrected chi connectivity index (χ2v) is 5.41. The first-order valence-electron chi connectivity index (χ1n) is 6.38. The third-order valence-electron chi connectivity index (χ3n) is 3.27. The number of nitrogens with zero attached hydrogens (tertiary/aromatic N) is 3. The molecule has 19 heavy (non-hydrogen) atoms. The minimum Gasteiger partial charge on any atom is -0.341 e. The lowest BCUT2D eigenvalue weighted by Crippen LogP contribution is -2.27. The quantitative estimate of drug-likeness (QED) is 0.842. The van der Waals surface area contributed by atoms with Gasteiger partial charge in [0.2, 0.25) is 5.91 Å². The fourth-order valence-electron chi connectivity index (χ4n) is 2.01. The van der Waals surface area contributed by atoms with Crippen LogP contribution < -0.4 is 0 Å². The molecule has 0 aliphatic rings. The minimum atomic E-state index is 0.141. The van der Waals surface area contributed by atoms with Gasteiger partial charge in [0.15, 0.2) is 0 Å². The molecule has 0 spiro atoms. The maximum atomic E-state index is 12.1. The third-order valence-corrected chi connectivity index (χ3v) is 4.01. The molecule has 0 aliphatic carbocycles. The molecule has 102 valence electrons. The van der Waals surface area contributed by atoms with Crippen molar-refractivity contribution in [2.75, 3.05) is 7.05 Å². The molecule has 2 aromatic rings. The number of carbonyl (C=O) groups is 1. The Morgan fingerprint density at radius 3 is 2.89 bits per heavy atom. The predicted molar refractivity (Wildman–Crippen MR) is 77.1 cm³/mol. The Morgan fingerprint density at radius 1 is 1.53 bits per heavy atom. The van der Waals surface area contributed by atoms with Crippen molar-refractivity contribution < 1.29 is 4.79 Å². The van der Waals surface area contributed by atoms with Crippen molar-refractivity contribution in [2.24, 2.45) is 0 Å². The molecule has 0 bridgehead atoms. The molecule has 0 N–H and O–H groups in total.